The fourth-order valence-electron chi connectivity index (χ4n) is 4.74. The Hall–Kier alpha value is -3.54. The van der Waals surface area contributed by atoms with E-state index in [0.717, 1.165) is 54.3 Å². The fraction of sp³-hybridized carbons (Fsp3) is 0.429. The third-order valence-electron chi connectivity index (χ3n) is 7.16. The van der Waals surface area contributed by atoms with Crippen molar-refractivity contribution in [2.24, 2.45) is 5.92 Å². The maximum Gasteiger partial charge on any atom is 0.411 e. The lowest BCUT2D eigenvalue weighted by Crippen LogP contribution is -2.21. The van der Waals surface area contributed by atoms with Crippen LogP contribution < -0.4 is 10.1 Å². The van der Waals surface area contributed by atoms with Gasteiger partial charge >= 0.3 is 6.09 Å². The highest BCUT2D eigenvalue weighted by atomic mass is 16.6. The highest BCUT2D eigenvalue weighted by molar-refractivity contribution is 5.96. The van der Waals surface area contributed by atoms with E-state index in [4.69, 9.17) is 14.6 Å². The Labute approximate surface area is 210 Å². The molecule has 1 heterocycles. The molecule has 3 N–H and O–H groups in total. The lowest BCUT2D eigenvalue weighted by Gasteiger charge is -2.30. The minimum atomic E-state index is -0.953. The van der Waals surface area contributed by atoms with Crippen LogP contribution in [0.25, 0.3) is 22.2 Å². The van der Waals surface area contributed by atoms with E-state index < -0.39 is 12.2 Å². The SMILES string of the molecule is C[C@@H](OC(=O)Nc1ccc(-c2c(C#N)c3ccc(OC[C@@H](O)CO)cc3n2C2CCC2)cc1)C1CC1. The van der Waals surface area contributed by atoms with Gasteiger partial charge in [-0.15, -0.1) is 0 Å². The number of nitrogens with zero attached hydrogens (tertiary/aromatic N) is 2. The number of anilines is 1. The van der Waals surface area contributed by atoms with Gasteiger partial charge in [0.05, 0.1) is 23.4 Å². The van der Waals surface area contributed by atoms with Crippen molar-refractivity contribution in [2.45, 2.75) is 57.3 Å². The molecular weight excluding hydrogens is 458 g/mol. The molecular formula is C28H31N3O5. The summed E-state index contributed by atoms with van der Waals surface area (Å²) in [6, 6.07) is 15.7. The number of fused-ring (bicyclic) bond motifs is 1. The molecule has 2 aliphatic rings. The predicted octanol–water partition coefficient (Wildman–Crippen LogP) is 4.98. The summed E-state index contributed by atoms with van der Waals surface area (Å²) in [5.74, 6) is 1.05. The molecule has 2 fully saturated rings. The summed E-state index contributed by atoms with van der Waals surface area (Å²) in [4.78, 5) is 12.2. The van der Waals surface area contributed by atoms with Gasteiger partial charge < -0.3 is 24.3 Å². The minimum Gasteiger partial charge on any atom is -0.491 e. The molecule has 8 nitrogen and oxygen atoms in total. The Morgan fingerprint density at radius 1 is 1.19 bits per heavy atom. The molecule has 5 rings (SSSR count). The van der Waals surface area contributed by atoms with Crippen LogP contribution in [-0.4, -0.2) is 46.3 Å². The van der Waals surface area contributed by atoms with Gasteiger partial charge in [0.25, 0.3) is 0 Å². The predicted molar refractivity (Wildman–Crippen MR) is 136 cm³/mol. The molecule has 0 bridgehead atoms. The number of nitriles is 1. The molecule has 0 aliphatic heterocycles. The van der Waals surface area contributed by atoms with Gasteiger partial charge in [-0.05, 0) is 74.8 Å². The number of rotatable bonds is 9. The van der Waals surface area contributed by atoms with Gasteiger partial charge in [0.15, 0.2) is 0 Å². The molecule has 188 valence electrons. The number of ether oxygens (including phenoxy) is 2. The number of carbonyl (C=O) groups excluding carboxylic acids is 1. The van der Waals surface area contributed by atoms with Crippen LogP contribution in [0.15, 0.2) is 42.5 Å². The van der Waals surface area contributed by atoms with Crippen molar-refractivity contribution in [3.05, 3.63) is 48.0 Å². The molecule has 0 radical (unpaired) electrons. The van der Waals surface area contributed by atoms with Crippen molar-refractivity contribution in [3.63, 3.8) is 0 Å². The zero-order valence-corrected chi connectivity index (χ0v) is 20.3. The van der Waals surface area contributed by atoms with Crippen LogP contribution >= 0.6 is 0 Å². The van der Waals surface area contributed by atoms with E-state index >= 15 is 0 Å². The van der Waals surface area contributed by atoms with E-state index in [2.05, 4.69) is 16.0 Å². The Balaban J connectivity index is 1.45. The van der Waals surface area contributed by atoms with Crippen LogP contribution in [0.4, 0.5) is 10.5 Å². The summed E-state index contributed by atoms with van der Waals surface area (Å²) >= 11 is 0. The zero-order chi connectivity index (χ0) is 25.2. The van der Waals surface area contributed by atoms with Crippen LogP contribution in [0.3, 0.4) is 0 Å². The first kappa shape index (κ1) is 24.2. The number of aromatic nitrogens is 1. The second kappa shape index (κ2) is 10.2. The summed E-state index contributed by atoms with van der Waals surface area (Å²) in [6.07, 6.45) is 3.92. The number of hydrogen-bond acceptors (Lipinski definition) is 6. The largest absolute Gasteiger partial charge is 0.491 e. The average molecular weight is 490 g/mol. The molecule has 2 aliphatic carbocycles. The molecule has 2 atom stereocenters. The number of carbonyl (C=O) groups is 1. The lowest BCUT2D eigenvalue weighted by atomic mass is 9.92. The molecule has 0 spiro atoms. The smallest absolute Gasteiger partial charge is 0.411 e. The summed E-state index contributed by atoms with van der Waals surface area (Å²) in [5, 5.41) is 32.5. The molecule has 2 saturated carbocycles. The number of aliphatic hydroxyl groups is 2. The van der Waals surface area contributed by atoms with E-state index in [9.17, 15) is 15.2 Å². The number of hydrogen-bond donors (Lipinski definition) is 3. The highest BCUT2D eigenvalue weighted by Gasteiger charge is 2.31. The maximum absolute atomic E-state index is 12.2. The number of benzene rings is 2. The first-order valence-electron chi connectivity index (χ1n) is 12.6. The standard InChI is InChI=1S/C28H31N3O5/c1-17(18-5-6-18)36-28(34)30-20-9-7-19(8-10-20)27-25(14-29)24-12-11-23(35-16-22(33)15-32)13-26(24)31(27)21-3-2-4-21/h7-13,17-18,21-22,32-33H,2-6,15-16H2,1H3,(H,30,34)/t17-,22+/m1/s1. The summed E-state index contributed by atoms with van der Waals surface area (Å²) in [7, 11) is 0. The van der Waals surface area contributed by atoms with Gasteiger partial charge in [0, 0.05) is 23.2 Å². The third-order valence-corrected chi connectivity index (χ3v) is 7.16. The van der Waals surface area contributed by atoms with E-state index in [1.54, 1.807) is 6.07 Å². The van der Waals surface area contributed by atoms with Crippen LogP contribution in [0, 0.1) is 17.2 Å². The molecule has 36 heavy (non-hydrogen) atoms. The van der Waals surface area contributed by atoms with E-state index in [0.29, 0.717) is 22.9 Å². The molecule has 8 heteroatoms. The van der Waals surface area contributed by atoms with Crippen molar-refractivity contribution < 1.29 is 24.5 Å². The normalized spacial score (nSPS) is 17.2. The van der Waals surface area contributed by atoms with Crippen LogP contribution in [-0.2, 0) is 4.74 Å². The highest BCUT2D eigenvalue weighted by Crippen LogP contribution is 2.43. The maximum atomic E-state index is 12.2. The first-order chi connectivity index (χ1) is 17.5. The van der Waals surface area contributed by atoms with Crippen LogP contribution in [0.5, 0.6) is 5.75 Å². The number of nitrogens with one attached hydrogen (secondary N) is 1. The molecule has 0 unspecified atom stereocenters. The second-order valence-electron chi connectivity index (χ2n) is 9.77. The Morgan fingerprint density at radius 3 is 2.56 bits per heavy atom. The topological polar surface area (TPSA) is 117 Å². The third kappa shape index (κ3) is 4.90. The van der Waals surface area contributed by atoms with Gasteiger partial charge in [0.1, 0.15) is 30.6 Å². The zero-order valence-electron chi connectivity index (χ0n) is 20.3. The van der Waals surface area contributed by atoms with Gasteiger partial charge in [-0.3, -0.25) is 5.32 Å². The monoisotopic (exact) mass is 489 g/mol. The average Bonchev–Trinajstić information content (AvgIpc) is 3.65. The van der Waals surface area contributed by atoms with Crippen LogP contribution in [0.2, 0.25) is 0 Å². The molecule has 3 aromatic rings. The second-order valence-corrected chi connectivity index (χ2v) is 9.77. The van der Waals surface area contributed by atoms with Crippen molar-refractivity contribution >= 4 is 22.7 Å². The molecule has 2 aromatic carbocycles. The first-order valence-corrected chi connectivity index (χ1v) is 12.6. The number of amides is 1. The minimum absolute atomic E-state index is 0.0135. The molecule has 1 amide bonds. The Morgan fingerprint density at radius 2 is 1.94 bits per heavy atom. The van der Waals surface area contributed by atoms with Crippen molar-refractivity contribution in [3.8, 4) is 23.1 Å². The van der Waals surface area contributed by atoms with Crippen molar-refractivity contribution in [2.75, 3.05) is 18.5 Å². The summed E-state index contributed by atoms with van der Waals surface area (Å²) < 4.78 is 13.4. The van der Waals surface area contributed by atoms with Gasteiger partial charge in [-0.2, -0.15) is 5.26 Å². The Kier molecular flexibility index (Phi) is 6.86. The van der Waals surface area contributed by atoms with E-state index in [-0.39, 0.29) is 25.4 Å². The van der Waals surface area contributed by atoms with Crippen molar-refractivity contribution in [1.82, 2.24) is 4.57 Å². The molecule has 1 aromatic heterocycles. The van der Waals surface area contributed by atoms with Crippen molar-refractivity contribution in [1.29, 1.82) is 5.26 Å². The van der Waals surface area contributed by atoms with Gasteiger partial charge in [-0.1, -0.05) is 12.1 Å². The molecule has 0 saturated heterocycles. The van der Waals surface area contributed by atoms with Gasteiger partial charge in [-0.25, -0.2) is 4.79 Å². The Bertz CT molecular complexity index is 1290. The summed E-state index contributed by atoms with van der Waals surface area (Å²) in [5.41, 5.74) is 3.87. The van der Waals surface area contributed by atoms with Gasteiger partial charge in [0.2, 0.25) is 0 Å². The lowest BCUT2D eigenvalue weighted by molar-refractivity contribution is 0.0536. The fourth-order valence-corrected chi connectivity index (χ4v) is 4.74. The van der Waals surface area contributed by atoms with E-state index in [1.165, 1.54) is 0 Å². The van der Waals surface area contributed by atoms with E-state index in [1.807, 2.05) is 43.3 Å². The van der Waals surface area contributed by atoms with Crippen LogP contribution in [0.1, 0.15) is 50.6 Å². The summed E-state index contributed by atoms with van der Waals surface area (Å²) in [6.45, 7) is 1.54. The quantitative estimate of drug-likeness (QED) is 0.390. The number of aliphatic hydroxyl groups excluding tert-OH is 2.